The summed E-state index contributed by atoms with van der Waals surface area (Å²) in [6.07, 6.45) is -3.28. The van der Waals surface area contributed by atoms with Gasteiger partial charge < -0.3 is 4.74 Å². The van der Waals surface area contributed by atoms with Crippen molar-refractivity contribution in [2.24, 2.45) is 0 Å². The van der Waals surface area contributed by atoms with Crippen LogP contribution < -0.4 is 4.74 Å². The second-order valence-electron chi connectivity index (χ2n) is 5.92. The van der Waals surface area contributed by atoms with Crippen molar-refractivity contribution in [1.29, 1.82) is 0 Å². The minimum absolute atomic E-state index is 0.201. The molecule has 0 amide bonds. The van der Waals surface area contributed by atoms with Gasteiger partial charge in [0, 0.05) is 11.8 Å². The van der Waals surface area contributed by atoms with E-state index in [0.717, 1.165) is 24.0 Å². The zero-order chi connectivity index (χ0) is 19.7. The van der Waals surface area contributed by atoms with Crippen molar-refractivity contribution in [1.82, 2.24) is 0 Å². The summed E-state index contributed by atoms with van der Waals surface area (Å²) in [5.74, 6) is 0.715. The molecule has 0 saturated heterocycles. The summed E-state index contributed by atoms with van der Waals surface area (Å²) in [6.45, 7) is 0. The number of hydrogen-bond donors (Lipinski definition) is 0. The first-order valence-electron chi connectivity index (χ1n) is 7.89. The van der Waals surface area contributed by atoms with Gasteiger partial charge in [0.2, 0.25) is 0 Å². The maximum atomic E-state index is 12.7. The Morgan fingerprint density at radius 1 is 0.815 bits per heavy atom. The third-order valence-electron chi connectivity index (χ3n) is 3.89. The lowest BCUT2D eigenvalue weighted by molar-refractivity contribution is -0.137. The molecule has 0 aromatic heterocycles. The maximum absolute atomic E-state index is 12.7. The number of sulfone groups is 1. The molecule has 0 fully saturated rings. The summed E-state index contributed by atoms with van der Waals surface area (Å²) in [7, 11) is -3.30. The van der Waals surface area contributed by atoms with E-state index in [1.165, 1.54) is 24.3 Å². The normalized spacial score (nSPS) is 12.0. The standard InChI is InChI=1S/C20H15F3O3S/c1-27(24,25)17-12-6-14(7-13-17)18-4-2-3-5-19(18)26-16-10-8-15(9-11-16)20(21,22)23/h2-13H,1H3. The van der Waals surface area contributed by atoms with E-state index < -0.39 is 21.6 Å². The van der Waals surface area contributed by atoms with Crippen LogP contribution in [0.15, 0.2) is 77.7 Å². The molecule has 0 radical (unpaired) electrons. The summed E-state index contributed by atoms with van der Waals surface area (Å²) in [4.78, 5) is 0.201. The summed E-state index contributed by atoms with van der Waals surface area (Å²) in [6, 6.07) is 17.8. The molecule has 0 spiro atoms. The molecular formula is C20H15F3O3S. The Balaban J connectivity index is 1.90. The largest absolute Gasteiger partial charge is 0.457 e. The molecule has 0 aliphatic rings. The predicted octanol–water partition coefficient (Wildman–Crippen LogP) is 5.57. The van der Waals surface area contributed by atoms with Gasteiger partial charge in [-0.1, -0.05) is 30.3 Å². The molecule has 3 aromatic rings. The van der Waals surface area contributed by atoms with Gasteiger partial charge in [0.05, 0.1) is 10.5 Å². The number of para-hydroxylation sites is 1. The van der Waals surface area contributed by atoms with Crippen LogP contribution in [0.4, 0.5) is 13.2 Å². The third kappa shape index (κ3) is 4.49. The fourth-order valence-electron chi connectivity index (χ4n) is 2.51. The van der Waals surface area contributed by atoms with Gasteiger partial charge in [-0.05, 0) is 48.0 Å². The second kappa shape index (κ2) is 7.08. The SMILES string of the molecule is CS(=O)(=O)c1ccc(-c2ccccc2Oc2ccc(C(F)(F)F)cc2)cc1. The van der Waals surface area contributed by atoms with E-state index in [4.69, 9.17) is 4.74 Å². The van der Waals surface area contributed by atoms with Crippen LogP contribution in [0.5, 0.6) is 11.5 Å². The fourth-order valence-corrected chi connectivity index (χ4v) is 3.15. The van der Waals surface area contributed by atoms with Crippen molar-refractivity contribution in [2.75, 3.05) is 6.26 Å². The van der Waals surface area contributed by atoms with Crippen LogP contribution in [-0.2, 0) is 16.0 Å². The van der Waals surface area contributed by atoms with Crippen molar-refractivity contribution in [3.63, 3.8) is 0 Å². The zero-order valence-electron chi connectivity index (χ0n) is 14.2. The highest BCUT2D eigenvalue weighted by atomic mass is 32.2. The van der Waals surface area contributed by atoms with Gasteiger partial charge in [0.15, 0.2) is 9.84 Å². The monoisotopic (exact) mass is 392 g/mol. The van der Waals surface area contributed by atoms with Crippen molar-refractivity contribution in [3.05, 3.63) is 78.4 Å². The Morgan fingerprint density at radius 2 is 1.41 bits per heavy atom. The van der Waals surface area contributed by atoms with E-state index in [9.17, 15) is 21.6 Å². The molecule has 140 valence electrons. The highest BCUT2D eigenvalue weighted by molar-refractivity contribution is 7.90. The van der Waals surface area contributed by atoms with Crippen molar-refractivity contribution >= 4 is 9.84 Å². The first-order valence-corrected chi connectivity index (χ1v) is 9.78. The minimum atomic E-state index is -4.40. The van der Waals surface area contributed by atoms with Crippen LogP contribution in [0.1, 0.15) is 5.56 Å². The average Bonchev–Trinajstić information content (AvgIpc) is 2.61. The minimum Gasteiger partial charge on any atom is -0.457 e. The summed E-state index contributed by atoms with van der Waals surface area (Å²) in [5, 5.41) is 0. The van der Waals surface area contributed by atoms with Gasteiger partial charge >= 0.3 is 6.18 Å². The van der Waals surface area contributed by atoms with Crippen molar-refractivity contribution < 1.29 is 26.3 Å². The lowest BCUT2D eigenvalue weighted by Gasteiger charge is -2.13. The van der Waals surface area contributed by atoms with Crippen molar-refractivity contribution in [2.45, 2.75) is 11.1 Å². The van der Waals surface area contributed by atoms with Crippen LogP contribution in [0, 0.1) is 0 Å². The van der Waals surface area contributed by atoms with E-state index in [1.807, 2.05) is 0 Å². The molecule has 0 heterocycles. The molecular weight excluding hydrogens is 377 g/mol. The van der Waals surface area contributed by atoms with Crippen LogP contribution in [-0.4, -0.2) is 14.7 Å². The quantitative estimate of drug-likeness (QED) is 0.583. The molecule has 7 heteroatoms. The highest BCUT2D eigenvalue weighted by Gasteiger charge is 2.30. The smallest absolute Gasteiger partial charge is 0.416 e. The number of ether oxygens (including phenoxy) is 1. The number of benzene rings is 3. The van der Waals surface area contributed by atoms with Gasteiger partial charge in [-0.25, -0.2) is 8.42 Å². The van der Waals surface area contributed by atoms with Crippen molar-refractivity contribution in [3.8, 4) is 22.6 Å². The van der Waals surface area contributed by atoms with Gasteiger partial charge in [0.25, 0.3) is 0 Å². The topological polar surface area (TPSA) is 43.4 Å². The van der Waals surface area contributed by atoms with Crippen LogP contribution in [0.25, 0.3) is 11.1 Å². The van der Waals surface area contributed by atoms with E-state index in [0.29, 0.717) is 11.3 Å². The van der Waals surface area contributed by atoms with Gasteiger partial charge in [0.1, 0.15) is 11.5 Å². The van der Waals surface area contributed by atoms with Crippen LogP contribution in [0.3, 0.4) is 0 Å². The Bertz CT molecular complexity index is 1040. The molecule has 0 unspecified atom stereocenters. The van der Waals surface area contributed by atoms with E-state index in [-0.39, 0.29) is 10.6 Å². The Hall–Kier alpha value is -2.80. The zero-order valence-corrected chi connectivity index (χ0v) is 15.0. The summed E-state index contributed by atoms with van der Waals surface area (Å²) in [5.41, 5.74) is 0.668. The Morgan fingerprint density at radius 3 is 1.96 bits per heavy atom. The molecule has 27 heavy (non-hydrogen) atoms. The van der Waals surface area contributed by atoms with Gasteiger partial charge in [-0.3, -0.25) is 0 Å². The number of halogens is 3. The second-order valence-corrected chi connectivity index (χ2v) is 7.93. The maximum Gasteiger partial charge on any atom is 0.416 e. The molecule has 3 nitrogen and oxygen atoms in total. The average molecular weight is 392 g/mol. The highest BCUT2D eigenvalue weighted by Crippen LogP contribution is 2.35. The first-order chi connectivity index (χ1) is 12.6. The number of rotatable bonds is 4. The number of hydrogen-bond acceptors (Lipinski definition) is 3. The molecule has 0 N–H and O–H groups in total. The van der Waals surface area contributed by atoms with Gasteiger partial charge in [-0.2, -0.15) is 13.2 Å². The molecule has 0 aliphatic heterocycles. The van der Waals surface area contributed by atoms with E-state index >= 15 is 0 Å². The Kier molecular flexibility index (Phi) is 4.97. The lowest BCUT2D eigenvalue weighted by atomic mass is 10.0. The van der Waals surface area contributed by atoms with E-state index in [2.05, 4.69) is 0 Å². The summed E-state index contributed by atoms with van der Waals surface area (Å²) >= 11 is 0. The predicted molar refractivity (Wildman–Crippen MR) is 96.5 cm³/mol. The molecule has 0 saturated carbocycles. The lowest BCUT2D eigenvalue weighted by Crippen LogP contribution is -2.04. The van der Waals surface area contributed by atoms with Crippen LogP contribution >= 0.6 is 0 Å². The third-order valence-corrected chi connectivity index (χ3v) is 5.02. The Labute approximate surface area is 155 Å². The molecule has 3 rings (SSSR count). The van der Waals surface area contributed by atoms with E-state index in [1.54, 1.807) is 36.4 Å². The summed E-state index contributed by atoms with van der Waals surface area (Å²) < 4.78 is 66.9. The molecule has 0 aliphatic carbocycles. The fraction of sp³-hybridized carbons (Fsp3) is 0.100. The molecule has 0 atom stereocenters. The number of alkyl halides is 3. The van der Waals surface area contributed by atoms with Gasteiger partial charge in [-0.15, -0.1) is 0 Å². The van der Waals surface area contributed by atoms with Crippen LogP contribution in [0.2, 0.25) is 0 Å². The molecule has 0 bridgehead atoms. The first kappa shape index (κ1) is 19.0. The molecule has 3 aromatic carbocycles.